The molecule has 0 aromatic heterocycles. The molecular formula is C20H42N4O3. The summed E-state index contributed by atoms with van der Waals surface area (Å²) in [6, 6.07) is 0. The molecule has 7 nitrogen and oxygen atoms in total. The van der Waals surface area contributed by atoms with Crippen LogP contribution in [0, 0.1) is 0 Å². The van der Waals surface area contributed by atoms with Crippen LogP contribution in [0.15, 0.2) is 0 Å². The van der Waals surface area contributed by atoms with Crippen LogP contribution in [-0.2, 0) is 14.2 Å². The second-order valence-electron chi connectivity index (χ2n) is 7.59. The minimum atomic E-state index is 0.656. The van der Waals surface area contributed by atoms with Gasteiger partial charge in [0.15, 0.2) is 0 Å². The van der Waals surface area contributed by atoms with Crippen LogP contribution in [0.4, 0.5) is 0 Å². The zero-order valence-electron chi connectivity index (χ0n) is 17.7. The third-order valence-electron chi connectivity index (χ3n) is 5.19. The second-order valence-corrected chi connectivity index (χ2v) is 7.59. The summed E-state index contributed by atoms with van der Waals surface area (Å²) in [4.78, 5) is 9.94. The van der Waals surface area contributed by atoms with E-state index >= 15 is 0 Å². The smallest absolute Gasteiger partial charge is 0.0701 e. The van der Waals surface area contributed by atoms with E-state index in [0.29, 0.717) is 26.4 Å². The van der Waals surface area contributed by atoms with E-state index in [1.54, 1.807) is 0 Å². The molecule has 160 valence electrons. The molecule has 0 amide bonds. The summed E-state index contributed by atoms with van der Waals surface area (Å²) in [5, 5.41) is 0. The summed E-state index contributed by atoms with van der Waals surface area (Å²) in [6.07, 6.45) is 2.47. The maximum Gasteiger partial charge on any atom is 0.0701 e. The van der Waals surface area contributed by atoms with E-state index in [-0.39, 0.29) is 0 Å². The van der Waals surface area contributed by atoms with E-state index in [1.807, 2.05) is 0 Å². The molecule has 0 aromatic rings. The van der Waals surface area contributed by atoms with E-state index in [9.17, 15) is 0 Å². The number of hydrogen-bond donors (Lipinski definition) is 0. The van der Waals surface area contributed by atoms with Gasteiger partial charge in [-0.05, 0) is 25.9 Å². The van der Waals surface area contributed by atoms with Crippen LogP contribution in [0.25, 0.3) is 0 Å². The van der Waals surface area contributed by atoms with Crippen molar-refractivity contribution < 1.29 is 14.2 Å². The van der Waals surface area contributed by atoms with Crippen LogP contribution in [0.3, 0.4) is 0 Å². The Balaban J connectivity index is 1.29. The zero-order chi connectivity index (χ0) is 19.2. The lowest BCUT2D eigenvalue weighted by Gasteiger charge is -2.17. The number of nitrogens with zero attached hydrogens (tertiary/aromatic N) is 4. The van der Waals surface area contributed by atoms with Crippen LogP contribution < -0.4 is 0 Å². The highest BCUT2D eigenvalue weighted by Crippen LogP contribution is 2.05. The van der Waals surface area contributed by atoms with Crippen LogP contribution >= 0.6 is 0 Å². The first kappa shape index (κ1) is 23.0. The molecule has 0 N–H and O–H groups in total. The molecule has 0 spiro atoms. The molecule has 0 atom stereocenters. The molecule has 0 unspecified atom stereocenters. The second kappa shape index (κ2) is 14.7. The van der Waals surface area contributed by atoms with Gasteiger partial charge in [0.25, 0.3) is 0 Å². The summed E-state index contributed by atoms with van der Waals surface area (Å²) >= 11 is 0. The van der Waals surface area contributed by atoms with Crippen molar-refractivity contribution in [2.75, 3.05) is 105 Å². The van der Waals surface area contributed by atoms with Crippen LogP contribution in [0.5, 0.6) is 0 Å². The van der Waals surface area contributed by atoms with Crippen LogP contribution in [-0.4, -0.2) is 125 Å². The van der Waals surface area contributed by atoms with Gasteiger partial charge in [-0.25, -0.2) is 0 Å². The molecular weight excluding hydrogens is 344 g/mol. The number of ether oxygens (including phenoxy) is 3. The summed E-state index contributed by atoms with van der Waals surface area (Å²) < 4.78 is 16.9. The lowest BCUT2D eigenvalue weighted by atomic mass is 10.4. The first-order chi connectivity index (χ1) is 13.3. The Morgan fingerprint density at radius 1 is 0.481 bits per heavy atom. The van der Waals surface area contributed by atoms with E-state index < -0.39 is 0 Å². The predicted molar refractivity (Wildman–Crippen MR) is 109 cm³/mol. The summed E-state index contributed by atoms with van der Waals surface area (Å²) in [6.45, 7) is 20.1. The Kier molecular flexibility index (Phi) is 12.5. The molecule has 0 radical (unpaired) electrons. The highest BCUT2D eigenvalue weighted by Gasteiger charge is 2.18. The molecule has 0 aliphatic carbocycles. The maximum absolute atomic E-state index is 5.68. The molecule has 2 aliphatic heterocycles. The monoisotopic (exact) mass is 386 g/mol. The Labute approximate surface area is 166 Å². The molecule has 2 fully saturated rings. The van der Waals surface area contributed by atoms with Crippen molar-refractivity contribution in [3.8, 4) is 0 Å². The van der Waals surface area contributed by atoms with Crippen molar-refractivity contribution in [1.29, 1.82) is 0 Å². The predicted octanol–water partition coefficient (Wildman–Crippen LogP) is 1.01. The van der Waals surface area contributed by atoms with Gasteiger partial charge in [0.1, 0.15) is 0 Å². The van der Waals surface area contributed by atoms with Gasteiger partial charge in [-0.2, -0.15) is 0 Å². The van der Waals surface area contributed by atoms with Crippen molar-refractivity contribution in [1.82, 2.24) is 19.6 Å². The van der Waals surface area contributed by atoms with Gasteiger partial charge in [-0.1, -0.05) is 13.8 Å². The van der Waals surface area contributed by atoms with Crippen molar-refractivity contribution in [2.45, 2.75) is 26.7 Å². The highest BCUT2D eigenvalue weighted by molar-refractivity contribution is 4.71. The molecule has 0 saturated carbocycles. The van der Waals surface area contributed by atoms with Crippen molar-refractivity contribution >= 4 is 0 Å². The Bertz CT molecular complexity index is 330. The third-order valence-corrected chi connectivity index (χ3v) is 5.19. The van der Waals surface area contributed by atoms with Crippen LogP contribution in [0.2, 0.25) is 0 Å². The van der Waals surface area contributed by atoms with Gasteiger partial charge >= 0.3 is 0 Å². The largest absolute Gasteiger partial charge is 0.378 e. The van der Waals surface area contributed by atoms with Gasteiger partial charge < -0.3 is 14.2 Å². The Morgan fingerprint density at radius 3 is 1.19 bits per heavy atom. The molecule has 2 saturated heterocycles. The van der Waals surface area contributed by atoms with E-state index in [1.165, 1.54) is 52.1 Å². The normalized spacial score (nSPS) is 20.2. The molecule has 0 bridgehead atoms. The Hall–Kier alpha value is -0.280. The van der Waals surface area contributed by atoms with Gasteiger partial charge in [0.05, 0.1) is 53.0 Å². The van der Waals surface area contributed by atoms with E-state index in [2.05, 4.69) is 33.4 Å². The standard InChI is InChI=1S/C20H42N4O3/c1-3-5-21-7-9-23(19-21)11-13-25-15-17-27-18-16-26-14-12-24-10-8-22(20-24)6-4-2/h3-20H2,1-2H3. The van der Waals surface area contributed by atoms with Crippen LogP contribution in [0.1, 0.15) is 26.7 Å². The Morgan fingerprint density at radius 2 is 0.815 bits per heavy atom. The minimum Gasteiger partial charge on any atom is -0.378 e. The van der Waals surface area contributed by atoms with E-state index in [0.717, 1.165) is 39.6 Å². The summed E-state index contributed by atoms with van der Waals surface area (Å²) in [7, 11) is 0. The van der Waals surface area contributed by atoms with Crippen molar-refractivity contribution in [3.05, 3.63) is 0 Å². The first-order valence-electron chi connectivity index (χ1n) is 10.9. The first-order valence-corrected chi connectivity index (χ1v) is 10.9. The average molecular weight is 387 g/mol. The fraction of sp³-hybridized carbons (Fsp3) is 1.00. The quantitative estimate of drug-likeness (QED) is 0.367. The molecule has 7 heteroatoms. The fourth-order valence-corrected chi connectivity index (χ4v) is 3.71. The van der Waals surface area contributed by atoms with E-state index in [4.69, 9.17) is 14.2 Å². The third kappa shape index (κ3) is 10.2. The van der Waals surface area contributed by atoms with Crippen molar-refractivity contribution in [2.24, 2.45) is 0 Å². The summed E-state index contributed by atoms with van der Waals surface area (Å²) in [5.74, 6) is 0. The lowest BCUT2D eigenvalue weighted by molar-refractivity contribution is 0.00774. The molecule has 2 rings (SSSR count). The van der Waals surface area contributed by atoms with Gasteiger partial charge in [0.2, 0.25) is 0 Å². The minimum absolute atomic E-state index is 0.656. The SMILES string of the molecule is CCCN1CCN(CCOCCOCCOCCN2CCN(CCC)C2)C1. The topological polar surface area (TPSA) is 40.7 Å². The summed E-state index contributed by atoms with van der Waals surface area (Å²) in [5.41, 5.74) is 0. The molecule has 27 heavy (non-hydrogen) atoms. The maximum atomic E-state index is 5.68. The lowest BCUT2D eigenvalue weighted by Crippen LogP contribution is -2.29. The molecule has 2 aliphatic rings. The highest BCUT2D eigenvalue weighted by atomic mass is 16.5. The fourth-order valence-electron chi connectivity index (χ4n) is 3.71. The average Bonchev–Trinajstić information content (AvgIpc) is 3.30. The van der Waals surface area contributed by atoms with Gasteiger partial charge in [-0.3, -0.25) is 19.6 Å². The molecule has 2 heterocycles. The zero-order valence-corrected chi connectivity index (χ0v) is 17.7. The molecule has 0 aromatic carbocycles. The number of rotatable bonds is 16. The van der Waals surface area contributed by atoms with Crippen molar-refractivity contribution in [3.63, 3.8) is 0 Å². The van der Waals surface area contributed by atoms with Gasteiger partial charge in [0, 0.05) is 39.3 Å². The number of hydrogen-bond acceptors (Lipinski definition) is 7. The van der Waals surface area contributed by atoms with Gasteiger partial charge in [-0.15, -0.1) is 0 Å².